The largest absolute Gasteiger partial charge is 0.465 e. The summed E-state index contributed by atoms with van der Waals surface area (Å²) in [5.41, 5.74) is 2.74. The van der Waals surface area contributed by atoms with Crippen molar-refractivity contribution in [2.24, 2.45) is 0 Å². The molecule has 0 saturated carbocycles. The maximum Gasteiger partial charge on any atom is 0.407 e. The minimum Gasteiger partial charge on any atom is -0.465 e. The molecule has 1 saturated heterocycles. The van der Waals surface area contributed by atoms with Crippen molar-refractivity contribution in [3.63, 3.8) is 0 Å². The second-order valence-corrected chi connectivity index (χ2v) is 6.14. The summed E-state index contributed by atoms with van der Waals surface area (Å²) < 4.78 is 1.33. The van der Waals surface area contributed by atoms with Crippen molar-refractivity contribution >= 4 is 11.7 Å². The number of amides is 1. The molecule has 25 heavy (non-hydrogen) atoms. The molecule has 1 aliphatic rings. The molecule has 0 spiro atoms. The predicted molar refractivity (Wildman–Crippen MR) is 90.6 cm³/mol. The third kappa shape index (κ3) is 2.75. The molecular formula is C17H17N5O3. The summed E-state index contributed by atoms with van der Waals surface area (Å²) in [5.74, 6) is 0.125. The predicted octanol–water partition coefficient (Wildman–Crippen LogP) is 1.94. The van der Waals surface area contributed by atoms with Gasteiger partial charge in [-0.25, -0.2) is 4.79 Å². The minimum absolute atomic E-state index is 0.125. The number of likely N-dealkylation sites (tertiary alicyclic amines) is 1. The highest BCUT2D eigenvalue weighted by Crippen LogP contribution is 2.28. The van der Waals surface area contributed by atoms with Gasteiger partial charge in [0.1, 0.15) is 5.65 Å². The average molecular weight is 339 g/mol. The second-order valence-electron chi connectivity index (χ2n) is 6.14. The fourth-order valence-corrected chi connectivity index (χ4v) is 3.31. The zero-order chi connectivity index (χ0) is 17.4. The molecule has 3 aromatic heterocycles. The lowest BCUT2D eigenvalue weighted by Crippen LogP contribution is -2.37. The highest BCUT2D eigenvalue weighted by Gasteiger charge is 2.25. The molecule has 128 valence electrons. The van der Waals surface area contributed by atoms with Crippen molar-refractivity contribution in [2.75, 3.05) is 13.1 Å². The van der Waals surface area contributed by atoms with Crippen molar-refractivity contribution in [1.29, 1.82) is 0 Å². The fraction of sp³-hybridized carbons (Fsp3) is 0.294. The first-order chi connectivity index (χ1) is 12.1. The number of pyridine rings is 1. The van der Waals surface area contributed by atoms with Crippen LogP contribution in [0, 0.1) is 0 Å². The average Bonchev–Trinajstić information content (AvgIpc) is 3.07. The van der Waals surface area contributed by atoms with Crippen molar-refractivity contribution in [2.45, 2.75) is 18.8 Å². The lowest BCUT2D eigenvalue weighted by molar-refractivity contribution is 0.131. The third-order valence-electron chi connectivity index (χ3n) is 4.67. The molecule has 1 aliphatic heterocycles. The number of nitrogens with zero attached hydrogens (tertiary/aromatic N) is 4. The first-order valence-corrected chi connectivity index (χ1v) is 8.14. The van der Waals surface area contributed by atoms with Gasteiger partial charge < -0.3 is 15.0 Å². The Kier molecular flexibility index (Phi) is 3.72. The minimum atomic E-state index is -0.893. The van der Waals surface area contributed by atoms with E-state index in [1.807, 2.05) is 18.2 Å². The van der Waals surface area contributed by atoms with E-state index >= 15 is 0 Å². The zero-order valence-electron chi connectivity index (χ0n) is 13.4. The van der Waals surface area contributed by atoms with Gasteiger partial charge >= 0.3 is 6.09 Å². The van der Waals surface area contributed by atoms with Gasteiger partial charge in [0.2, 0.25) is 0 Å². The van der Waals surface area contributed by atoms with Crippen LogP contribution in [0.1, 0.15) is 24.5 Å². The lowest BCUT2D eigenvalue weighted by atomic mass is 9.93. The molecule has 1 fully saturated rings. The summed E-state index contributed by atoms with van der Waals surface area (Å²) in [6.45, 7) is 0.944. The van der Waals surface area contributed by atoms with E-state index in [1.165, 1.54) is 9.42 Å². The van der Waals surface area contributed by atoms with Crippen LogP contribution in [-0.4, -0.2) is 48.8 Å². The highest BCUT2D eigenvalue weighted by molar-refractivity contribution is 5.74. The summed E-state index contributed by atoms with van der Waals surface area (Å²) in [4.78, 5) is 32.5. The topological polar surface area (TPSA) is 104 Å². The van der Waals surface area contributed by atoms with Crippen LogP contribution in [0.2, 0.25) is 0 Å². The molecule has 0 unspecified atom stereocenters. The molecule has 0 radical (unpaired) electrons. The number of rotatable bonds is 2. The number of H-pyrrole nitrogens is 1. The van der Waals surface area contributed by atoms with Crippen LogP contribution in [-0.2, 0) is 0 Å². The van der Waals surface area contributed by atoms with Crippen LogP contribution < -0.4 is 5.56 Å². The Morgan fingerprint density at radius 1 is 1.28 bits per heavy atom. The zero-order valence-corrected chi connectivity index (χ0v) is 13.4. The molecule has 0 bridgehead atoms. The van der Waals surface area contributed by atoms with Gasteiger partial charge in [-0.05, 0) is 25.0 Å². The summed E-state index contributed by atoms with van der Waals surface area (Å²) >= 11 is 0. The Morgan fingerprint density at radius 2 is 2.08 bits per heavy atom. The Hall–Kier alpha value is -3.16. The number of carbonyl (C=O) groups is 1. The number of aromatic amines is 1. The molecule has 0 aliphatic carbocycles. The van der Waals surface area contributed by atoms with E-state index in [0.717, 1.165) is 17.0 Å². The normalized spacial score (nSPS) is 15.6. The van der Waals surface area contributed by atoms with Crippen LogP contribution in [0.15, 0.2) is 41.5 Å². The Labute approximate surface area is 142 Å². The monoisotopic (exact) mass is 339 g/mol. The quantitative estimate of drug-likeness (QED) is 0.742. The van der Waals surface area contributed by atoms with Gasteiger partial charge in [-0.15, -0.1) is 0 Å². The molecule has 2 N–H and O–H groups in total. The Morgan fingerprint density at radius 3 is 2.76 bits per heavy atom. The number of carboxylic acid groups (broad SMARTS) is 1. The molecule has 1 amide bonds. The Bertz CT molecular complexity index is 971. The van der Waals surface area contributed by atoms with Crippen LogP contribution in [0.4, 0.5) is 4.79 Å². The SMILES string of the molecule is O=C(O)N1CCC(c2cc(=O)n3ncc(-c4ccccn4)c3[nH]2)CC1. The summed E-state index contributed by atoms with van der Waals surface area (Å²) in [7, 11) is 0. The van der Waals surface area contributed by atoms with E-state index in [1.54, 1.807) is 18.5 Å². The number of hydrogen-bond acceptors (Lipinski definition) is 4. The molecule has 3 aromatic rings. The first-order valence-electron chi connectivity index (χ1n) is 8.14. The number of fused-ring (bicyclic) bond motifs is 1. The number of hydrogen-bond donors (Lipinski definition) is 2. The summed E-state index contributed by atoms with van der Waals surface area (Å²) in [6, 6.07) is 7.14. The molecule has 8 heteroatoms. The van der Waals surface area contributed by atoms with Crippen molar-refractivity contribution in [1.82, 2.24) is 24.5 Å². The highest BCUT2D eigenvalue weighted by atomic mass is 16.4. The van der Waals surface area contributed by atoms with E-state index in [-0.39, 0.29) is 11.5 Å². The molecular weight excluding hydrogens is 322 g/mol. The maximum atomic E-state index is 12.4. The molecule has 4 rings (SSSR count). The first kappa shape index (κ1) is 15.4. The number of aromatic nitrogens is 4. The van der Waals surface area contributed by atoms with Crippen LogP contribution in [0.25, 0.3) is 16.9 Å². The van der Waals surface area contributed by atoms with Gasteiger partial charge in [-0.2, -0.15) is 9.61 Å². The summed E-state index contributed by atoms with van der Waals surface area (Å²) in [6.07, 6.45) is 3.81. The van der Waals surface area contributed by atoms with Crippen LogP contribution in [0.5, 0.6) is 0 Å². The van der Waals surface area contributed by atoms with Gasteiger partial charge in [0.25, 0.3) is 5.56 Å². The van der Waals surface area contributed by atoms with Gasteiger partial charge in [0.15, 0.2) is 0 Å². The van der Waals surface area contributed by atoms with Gasteiger partial charge in [0.05, 0.1) is 17.5 Å². The molecule has 0 atom stereocenters. The lowest BCUT2D eigenvalue weighted by Gasteiger charge is -2.29. The van der Waals surface area contributed by atoms with E-state index in [4.69, 9.17) is 5.11 Å². The van der Waals surface area contributed by atoms with E-state index in [2.05, 4.69) is 15.1 Å². The van der Waals surface area contributed by atoms with Gasteiger partial charge in [0, 0.05) is 37.0 Å². The van der Waals surface area contributed by atoms with Crippen LogP contribution >= 0.6 is 0 Å². The number of nitrogens with one attached hydrogen (secondary N) is 1. The van der Waals surface area contributed by atoms with Crippen molar-refractivity contribution in [3.05, 3.63) is 52.7 Å². The van der Waals surface area contributed by atoms with Gasteiger partial charge in [-0.1, -0.05) is 6.07 Å². The van der Waals surface area contributed by atoms with Crippen LogP contribution in [0.3, 0.4) is 0 Å². The van der Waals surface area contributed by atoms with E-state index < -0.39 is 6.09 Å². The third-order valence-corrected chi connectivity index (χ3v) is 4.67. The number of piperidine rings is 1. The second kappa shape index (κ2) is 6.04. The van der Waals surface area contributed by atoms with E-state index in [0.29, 0.717) is 31.6 Å². The Balaban J connectivity index is 1.72. The fourth-order valence-electron chi connectivity index (χ4n) is 3.31. The maximum absolute atomic E-state index is 12.4. The van der Waals surface area contributed by atoms with E-state index in [9.17, 15) is 9.59 Å². The molecule has 0 aromatic carbocycles. The molecule has 8 nitrogen and oxygen atoms in total. The summed E-state index contributed by atoms with van der Waals surface area (Å²) in [5, 5.41) is 13.2. The molecule has 4 heterocycles. The van der Waals surface area contributed by atoms with Crippen molar-refractivity contribution in [3.8, 4) is 11.3 Å². The van der Waals surface area contributed by atoms with Gasteiger partial charge in [-0.3, -0.25) is 9.78 Å². The smallest absolute Gasteiger partial charge is 0.407 e. The standard InChI is InChI=1S/C17H17N5O3/c23-15-9-14(11-4-7-21(8-5-11)17(24)25)20-16-12(10-19-22(15)16)13-3-1-2-6-18-13/h1-3,6,9-11,20H,4-5,7-8H2,(H,24,25). The van der Waals surface area contributed by atoms with Crippen molar-refractivity contribution < 1.29 is 9.90 Å².